The van der Waals surface area contributed by atoms with Gasteiger partial charge in [-0.2, -0.15) is 0 Å². The third-order valence-electron chi connectivity index (χ3n) is 1.92. The van der Waals surface area contributed by atoms with Gasteiger partial charge in [-0.15, -0.1) is 0 Å². The molecule has 0 spiro atoms. The number of methoxy groups -OCH3 is 1. The smallest absolute Gasteiger partial charge is 0.328 e. The molecule has 0 aromatic carbocycles. The lowest BCUT2D eigenvalue weighted by Crippen LogP contribution is -2.39. The Morgan fingerprint density at radius 2 is 2.25 bits per heavy atom. The third kappa shape index (κ3) is 3.16. The van der Waals surface area contributed by atoms with Crippen LogP contribution >= 0.6 is 22.6 Å². The standard InChI is InChI=1S/C10H11IN2O3/c1-6(10(15)16-2)13-9(14)7-3-4-12-5-8(7)11/h3-6H,1-2H3,(H,13,14)/t6-/m1/s1. The number of hydrogen-bond donors (Lipinski definition) is 1. The molecule has 0 radical (unpaired) electrons. The second-order valence-electron chi connectivity index (χ2n) is 3.07. The van der Waals surface area contributed by atoms with Crippen LogP contribution in [0.3, 0.4) is 0 Å². The third-order valence-corrected chi connectivity index (χ3v) is 2.78. The van der Waals surface area contributed by atoms with Crippen molar-refractivity contribution < 1.29 is 14.3 Å². The Morgan fingerprint density at radius 1 is 1.56 bits per heavy atom. The summed E-state index contributed by atoms with van der Waals surface area (Å²) in [6, 6.07) is 0.933. The molecule has 5 nitrogen and oxygen atoms in total. The van der Waals surface area contributed by atoms with Gasteiger partial charge in [0.05, 0.1) is 12.7 Å². The summed E-state index contributed by atoms with van der Waals surface area (Å²) in [5.41, 5.74) is 0.492. The highest BCUT2D eigenvalue weighted by molar-refractivity contribution is 14.1. The van der Waals surface area contributed by atoms with E-state index < -0.39 is 12.0 Å². The summed E-state index contributed by atoms with van der Waals surface area (Å²) in [6.45, 7) is 1.57. The molecule has 0 aliphatic heterocycles. The maximum atomic E-state index is 11.7. The monoisotopic (exact) mass is 334 g/mol. The van der Waals surface area contributed by atoms with Crippen LogP contribution in [0.2, 0.25) is 0 Å². The number of aromatic nitrogens is 1. The van der Waals surface area contributed by atoms with Gasteiger partial charge >= 0.3 is 5.97 Å². The lowest BCUT2D eigenvalue weighted by Gasteiger charge is -2.11. The Bertz CT molecular complexity index is 409. The van der Waals surface area contributed by atoms with Crippen molar-refractivity contribution in [3.05, 3.63) is 27.6 Å². The fourth-order valence-corrected chi connectivity index (χ4v) is 1.65. The van der Waals surface area contributed by atoms with E-state index in [1.807, 2.05) is 22.6 Å². The summed E-state index contributed by atoms with van der Waals surface area (Å²) >= 11 is 2.01. The normalized spacial score (nSPS) is 11.7. The van der Waals surface area contributed by atoms with Crippen LogP contribution in [-0.2, 0) is 9.53 Å². The molecule has 1 heterocycles. The van der Waals surface area contributed by atoms with Crippen LogP contribution in [0.5, 0.6) is 0 Å². The van der Waals surface area contributed by atoms with Crippen LogP contribution in [0, 0.1) is 3.57 Å². The van der Waals surface area contributed by atoms with E-state index in [9.17, 15) is 9.59 Å². The van der Waals surface area contributed by atoms with Crippen molar-refractivity contribution >= 4 is 34.5 Å². The van der Waals surface area contributed by atoms with E-state index in [2.05, 4.69) is 15.0 Å². The van der Waals surface area contributed by atoms with Crippen molar-refractivity contribution in [1.29, 1.82) is 0 Å². The topological polar surface area (TPSA) is 68.3 Å². The minimum atomic E-state index is -0.665. The highest BCUT2D eigenvalue weighted by Crippen LogP contribution is 2.09. The molecule has 86 valence electrons. The van der Waals surface area contributed by atoms with Crippen LogP contribution in [0.15, 0.2) is 18.5 Å². The largest absolute Gasteiger partial charge is 0.467 e. The Hall–Kier alpha value is -1.18. The van der Waals surface area contributed by atoms with Crippen molar-refractivity contribution in [2.45, 2.75) is 13.0 Å². The van der Waals surface area contributed by atoms with Crippen LogP contribution < -0.4 is 5.32 Å². The first-order valence-electron chi connectivity index (χ1n) is 4.54. The first kappa shape index (κ1) is 12.9. The first-order valence-corrected chi connectivity index (χ1v) is 5.62. The molecule has 0 saturated heterocycles. The fourth-order valence-electron chi connectivity index (χ4n) is 1.07. The number of carbonyl (C=O) groups excluding carboxylic acids is 2. The van der Waals surface area contributed by atoms with Gasteiger partial charge in [-0.05, 0) is 35.6 Å². The molecule has 16 heavy (non-hydrogen) atoms. The molecule has 1 aromatic rings. The molecular formula is C10H11IN2O3. The SMILES string of the molecule is COC(=O)[C@@H](C)NC(=O)c1ccncc1I. The molecule has 0 bridgehead atoms. The molecule has 0 fully saturated rings. The molecule has 1 N–H and O–H groups in total. The Balaban J connectivity index is 2.73. The number of amides is 1. The van der Waals surface area contributed by atoms with Gasteiger partial charge in [-0.3, -0.25) is 9.78 Å². The van der Waals surface area contributed by atoms with Crippen molar-refractivity contribution in [2.24, 2.45) is 0 Å². The number of rotatable bonds is 3. The predicted octanol–water partition coefficient (Wildman–Crippen LogP) is 0.977. The average molecular weight is 334 g/mol. The minimum Gasteiger partial charge on any atom is -0.467 e. The molecule has 0 aliphatic carbocycles. The number of esters is 1. The van der Waals surface area contributed by atoms with Crippen molar-refractivity contribution in [3.8, 4) is 0 Å². The maximum absolute atomic E-state index is 11.7. The van der Waals surface area contributed by atoms with Crippen molar-refractivity contribution in [2.75, 3.05) is 7.11 Å². The second kappa shape index (κ2) is 5.78. The first-order chi connectivity index (χ1) is 7.56. The second-order valence-corrected chi connectivity index (χ2v) is 4.24. The number of carbonyl (C=O) groups is 2. The predicted molar refractivity (Wildman–Crippen MR) is 65.9 cm³/mol. The quantitative estimate of drug-likeness (QED) is 0.661. The van der Waals surface area contributed by atoms with Gasteiger partial charge in [-0.25, -0.2) is 4.79 Å². The van der Waals surface area contributed by atoms with E-state index in [1.54, 1.807) is 19.2 Å². The number of nitrogens with one attached hydrogen (secondary N) is 1. The average Bonchev–Trinajstić information content (AvgIpc) is 2.28. The van der Waals surface area contributed by atoms with E-state index in [4.69, 9.17) is 0 Å². The number of pyridine rings is 1. The van der Waals surface area contributed by atoms with Gasteiger partial charge < -0.3 is 10.1 Å². The lowest BCUT2D eigenvalue weighted by atomic mass is 10.2. The van der Waals surface area contributed by atoms with Crippen LogP contribution in [0.1, 0.15) is 17.3 Å². The van der Waals surface area contributed by atoms with Crippen molar-refractivity contribution in [1.82, 2.24) is 10.3 Å². The van der Waals surface area contributed by atoms with Crippen LogP contribution in [0.4, 0.5) is 0 Å². The Morgan fingerprint density at radius 3 is 2.81 bits per heavy atom. The highest BCUT2D eigenvalue weighted by atomic mass is 127. The zero-order valence-electron chi connectivity index (χ0n) is 8.86. The van der Waals surface area contributed by atoms with Crippen molar-refractivity contribution in [3.63, 3.8) is 0 Å². The minimum absolute atomic E-state index is 0.315. The number of ether oxygens (including phenoxy) is 1. The van der Waals surface area contributed by atoms with E-state index in [0.717, 1.165) is 3.57 Å². The molecule has 6 heteroatoms. The lowest BCUT2D eigenvalue weighted by molar-refractivity contribution is -0.142. The van der Waals surface area contributed by atoms with E-state index in [1.165, 1.54) is 13.3 Å². The highest BCUT2D eigenvalue weighted by Gasteiger charge is 2.18. The zero-order valence-corrected chi connectivity index (χ0v) is 11.0. The molecular weight excluding hydrogens is 323 g/mol. The molecule has 1 amide bonds. The van der Waals surface area contributed by atoms with Gasteiger partial charge in [0.1, 0.15) is 6.04 Å². The van der Waals surface area contributed by atoms with Gasteiger partial charge in [0.15, 0.2) is 0 Å². The fraction of sp³-hybridized carbons (Fsp3) is 0.300. The van der Waals surface area contributed by atoms with Crippen LogP contribution in [-0.4, -0.2) is 30.0 Å². The maximum Gasteiger partial charge on any atom is 0.328 e. The molecule has 0 aliphatic rings. The van der Waals surface area contributed by atoms with Gasteiger partial charge in [0.25, 0.3) is 5.91 Å². The number of halogens is 1. The summed E-state index contributed by atoms with van der Waals surface area (Å²) in [6.07, 6.45) is 3.11. The summed E-state index contributed by atoms with van der Waals surface area (Å²) in [5, 5.41) is 2.54. The number of nitrogens with zero attached hydrogens (tertiary/aromatic N) is 1. The summed E-state index contributed by atoms with van der Waals surface area (Å²) in [4.78, 5) is 26.7. The van der Waals surface area contributed by atoms with E-state index in [-0.39, 0.29) is 5.91 Å². The molecule has 1 atom stereocenters. The molecule has 0 unspecified atom stereocenters. The van der Waals surface area contributed by atoms with E-state index >= 15 is 0 Å². The van der Waals surface area contributed by atoms with Gasteiger partial charge in [0, 0.05) is 16.0 Å². The van der Waals surface area contributed by atoms with E-state index in [0.29, 0.717) is 5.56 Å². The van der Waals surface area contributed by atoms with Gasteiger partial charge in [0.2, 0.25) is 0 Å². The number of hydrogen-bond acceptors (Lipinski definition) is 4. The van der Waals surface area contributed by atoms with Gasteiger partial charge in [-0.1, -0.05) is 0 Å². The summed E-state index contributed by atoms with van der Waals surface area (Å²) in [5.74, 6) is -0.790. The molecule has 0 saturated carbocycles. The van der Waals surface area contributed by atoms with Crippen LogP contribution in [0.25, 0.3) is 0 Å². The Labute approximate surface area is 107 Å². The summed E-state index contributed by atoms with van der Waals surface area (Å²) in [7, 11) is 1.28. The molecule has 1 aromatic heterocycles. The molecule has 1 rings (SSSR count). The zero-order chi connectivity index (χ0) is 12.1. The summed E-state index contributed by atoms with van der Waals surface area (Å²) < 4.78 is 5.24. The Kier molecular flexibility index (Phi) is 4.66.